The minimum atomic E-state index is -0.837. The second-order valence-corrected chi connectivity index (χ2v) is 4.31. The molecule has 5 heteroatoms. The van der Waals surface area contributed by atoms with Crippen molar-refractivity contribution >= 4 is 0 Å². The number of hydrogen-bond acceptors (Lipinski definition) is 4. The highest BCUT2D eigenvalue weighted by Gasteiger charge is 2.15. The van der Waals surface area contributed by atoms with Gasteiger partial charge in [-0.05, 0) is 18.2 Å². The van der Waals surface area contributed by atoms with E-state index in [4.69, 9.17) is 9.47 Å². The molecule has 1 unspecified atom stereocenters. The Bertz CT molecular complexity index is 636. The number of methoxy groups -OCH3 is 2. The first-order chi connectivity index (χ1) is 9.65. The van der Waals surface area contributed by atoms with Crippen molar-refractivity contribution in [3.05, 3.63) is 58.5 Å². The Morgan fingerprint density at radius 1 is 1.20 bits per heavy atom. The van der Waals surface area contributed by atoms with Crippen molar-refractivity contribution in [1.29, 1.82) is 0 Å². The molecular formula is C15H17NO4. The molecule has 1 heterocycles. The molecule has 0 bridgehead atoms. The zero-order valence-electron chi connectivity index (χ0n) is 11.4. The van der Waals surface area contributed by atoms with E-state index in [0.717, 1.165) is 0 Å². The topological polar surface area (TPSA) is 60.7 Å². The molecule has 1 N–H and O–H groups in total. The van der Waals surface area contributed by atoms with E-state index in [1.807, 2.05) is 0 Å². The largest absolute Gasteiger partial charge is 0.497 e. The van der Waals surface area contributed by atoms with E-state index in [0.29, 0.717) is 17.1 Å². The zero-order chi connectivity index (χ0) is 14.5. The molecule has 0 spiro atoms. The Morgan fingerprint density at radius 2 is 2.00 bits per heavy atom. The smallest absolute Gasteiger partial charge is 0.250 e. The van der Waals surface area contributed by atoms with Gasteiger partial charge in [0.25, 0.3) is 5.56 Å². The number of benzene rings is 1. The third kappa shape index (κ3) is 3.00. The molecule has 0 radical (unpaired) electrons. The molecule has 1 aromatic heterocycles. The van der Waals surface area contributed by atoms with Crippen molar-refractivity contribution < 1.29 is 14.6 Å². The SMILES string of the molecule is COc1ccc(C(O)Cn2ccccc2=O)c(OC)c1. The van der Waals surface area contributed by atoms with Gasteiger partial charge in [0.05, 0.1) is 20.8 Å². The number of pyridine rings is 1. The normalized spacial score (nSPS) is 11.9. The summed E-state index contributed by atoms with van der Waals surface area (Å²) in [5.41, 5.74) is 0.461. The summed E-state index contributed by atoms with van der Waals surface area (Å²) in [5, 5.41) is 10.3. The fourth-order valence-corrected chi connectivity index (χ4v) is 1.99. The van der Waals surface area contributed by atoms with Crippen molar-refractivity contribution in [3.8, 4) is 11.5 Å². The highest BCUT2D eigenvalue weighted by molar-refractivity contribution is 5.41. The zero-order valence-corrected chi connectivity index (χ0v) is 11.4. The maximum Gasteiger partial charge on any atom is 0.250 e. The lowest BCUT2D eigenvalue weighted by Gasteiger charge is -2.16. The molecule has 2 rings (SSSR count). The van der Waals surface area contributed by atoms with Crippen molar-refractivity contribution in [3.63, 3.8) is 0 Å². The van der Waals surface area contributed by atoms with Gasteiger partial charge >= 0.3 is 0 Å². The maximum atomic E-state index is 11.6. The third-order valence-corrected chi connectivity index (χ3v) is 3.07. The lowest BCUT2D eigenvalue weighted by Crippen LogP contribution is -2.21. The molecule has 106 valence electrons. The van der Waals surface area contributed by atoms with E-state index >= 15 is 0 Å². The number of aromatic nitrogens is 1. The van der Waals surface area contributed by atoms with Crippen LogP contribution in [0.4, 0.5) is 0 Å². The van der Waals surface area contributed by atoms with Gasteiger partial charge in [-0.3, -0.25) is 4.79 Å². The summed E-state index contributed by atoms with van der Waals surface area (Å²) in [6, 6.07) is 10.0. The minimum absolute atomic E-state index is 0.154. The lowest BCUT2D eigenvalue weighted by molar-refractivity contribution is 0.151. The lowest BCUT2D eigenvalue weighted by atomic mass is 10.1. The van der Waals surface area contributed by atoms with E-state index in [1.54, 1.807) is 43.6 Å². The van der Waals surface area contributed by atoms with Crippen LogP contribution >= 0.6 is 0 Å². The van der Waals surface area contributed by atoms with Gasteiger partial charge in [0.15, 0.2) is 0 Å². The van der Waals surface area contributed by atoms with Gasteiger partial charge in [-0.15, -0.1) is 0 Å². The predicted molar refractivity (Wildman–Crippen MR) is 75.2 cm³/mol. The third-order valence-electron chi connectivity index (χ3n) is 3.07. The van der Waals surface area contributed by atoms with Crippen molar-refractivity contribution in [2.75, 3.05) is 14.2 Å². The second-order valence-electron chi connectivity index (χ2n) is 4.31. The molecule has 0 saturated carbocycles. The minimum Gasteiger partial charge on any atom is -0.497 e. The average molecular weight is 275 g/mol. The summed E-state index contributed by atoms with van der Waals surface area (Å²) in [6.45, 7) is 0.169. The van der Waals surface area contributed by atoms with E-state index in [2.05, 4.69) is 0 Å². The Kier molecular flexibility index (Phi) is 4.42. The Labute approximate surface area is 117 Å². The summed E-state index contributed by atoms with van der Waals surface area (Å²) in [5.74, 6) is 1.18. The van der Waals surface area contributed by atoms with E-state index in [1.165, 1.54) is 17.7 Å². The first-order valence-corrected chi connectivity index (χ1v) is 6.21. The van der Waals surface area contributed by atoms with Gasteiger partial charge in [-0.25, -0.2) is 0 Å². The van der Waals surface area contributed by atoms with Crippen molar-refractivity contribution in [2.24, 2.45) is 0 Å². The van der Waals surface area contributed by atoms with Gasteiger partial charge in [-0.1, -0.05) is 6.07 Å². The molecule has 0 aliphatic carbocycles. The summed E-state index contributed by atoms with van der Waals surface area (Å²) in [4.78, 5) is 11.6. The molecule has 20 heavy (non-hydrogen) atoms. The van der Waals surface area contributed by atoms with Crippen LogP contribution in [0, 0.1) is 0 Å². The first kappa shape index (κ1) is 14.1. The van der Waals surface area contributed by atoms with Crippen molar-refractivity contribution in [1.82, 2.24) is 4.57 Å². The average Bonchev–Trinajstić information content (AvgIpc) is 2.48. The Balaban J connectivity index is 2.27. The monoisotopic (exact) mass is 275 g/mol. The van der Waals surface area contributed by atoms with Crippen LogP contribution in [0.25, 0.3) is 0 Å². The van der Waals surface area contributed by atoms with Crippen LogP contribution < -0.4 is 15.0 Å². The summed E-state index contributed by atoms with van der Waals surface area (Å²) < 4.78 is 11.8. The molecule has 1 aromatic carbocycles. The van der Waals surface area contributed by atoms with Crippen LogP contribution in [0.2, 0.25) is 0 Å². The Hall–Kier alpha value is -2.27. The first-order valence-electron chi connectivity index (χ1n) is 6.21. The highest BCUT2D eigenvalue weighted by Crippen LogP contribution is 2.29. The van der Waals surface area contributed by atoms with E-state index in [-0.39, 0.29) is 12.1 Å². The number of hydrogen-bond donors (Lipinski definition) is 1. The molecule has 2 aromatic rings. The van der Waals surface area contributed by atoms with Crippen LogP contribution in [0.15, 0.2) is 47.4 Å². The molecular weight excluding hydrogens is 258 g/mol. The number of aliphatic hydroxyl groups excluding tert-OH is 1. The molecule has 0 saturated heterocycles. The van der Waals surface area contributed by atoms with Crippen LogP contribution in [0.5, 0.6) is 11.5 Å². The van der Waals surface area contributed by atoms with Crippen LogP contribution in [0.1, 0.15) is 11.7 Å². The predicted octanol–water partition coefficient (Wildman–Crippen LogP) is 1.60. The standard InChI is InChI=1S/C15H17NO4/c1-19-11-6-7-12(14(9-11)20-2)13(17)10-16-8-4-3-5-15(16)18/h3-9,13,17H,10H2,1-2H3. The van der Waals surface area contributed by atoms with Gasteiger partial charge < -0.3 is 19.1 Å². The summed E-state index contributed by atoms with van der Waals surface area (Å²) >= 11 is 0. The van der Waals surface area contributed by atoms with Gasteiger partial charge in [0.1, 0.15) is 17.6 Å². The summed E-state index contributed by atoms with van der Waals surface area (Å²) in [7, 11) is 3.09. The Morgan fingerprint density at radius 3 is 2.65 bits per heavy atom. The molecule has 1 atom stereocenters. The number of ether oxygens (including phenoxy) is 2. The number of aliphatic hydroxyl groups is 1. The molecule has 0 aliphatic heterocycles. The quantitative estimate of drug-likeness (QED) is 0.900. The second kappa shape index (κ2) is 6.25. The fourth-order valence-electron chi connectivity index (χ4n) is 1.99. The van der Waals surface area contributed by atoms with E-state index in [9.17, 15) is 9.90 Å². The van der Waals surface area contributed by atoms with E-state index < -0.39 is 6.10 Å². The maximum absolute atomic E-state index is 11.6. The molecule has 0 fully saturated rings. The van der Waals surface area contributed by atoms with Crippen molar-refractivity contribution in [2.45, 2.75) is 12.6 Å². The summed E-state index contributed by atoms with van der Waals surface area (Å²) in [6.07, 6.45) is 0.803. The van der Waals surface area contributed by atoms with Crippen LogP contribution in [-0.2, 0) is 6.54 Å². The number of rotatable bonds is 5. The van der Waals surface area contributed by atoms with Crippen LogP contribution in [0.3, 0.4) is 0 Å². The highest BCUT2D eigenvalue weighted by atomic mass is 16.5. The number of nitrogens with zero attached hydrogens (tertiary/aromatic N) is 1. The van der Waals surface area contributed by atoms with Gasteiger partial charge in [0.2, 0.25) is 0 Å². The van der Waals surface area contributed by atoms with Gasteiger partial charge in [-0.2, -0.15) is 0 Å². The molecule has 0 aliphatic rings. The fraction of sp³-hybridized carbons (Fsp3) is 0.267. The molecule has 0 amide bonds. The molecule has 5 nitrogen and oxygen atoms in total. The van der Waals surface area contributed by atoms with Crippen LogP contribution in [-0.4, -0.2) is 23.9 Å². The van der Waals surface area contributed by atoms with Gasteiger partial charge in [0, 0.05) is 23.9 Å².